The van der Waals surface area contributed by atoms with E-state index in [0.29, 0.717) is 24.0 Å². The summed E-state index contributed by atoms with van der Waals surface area (Å²) in [6.07, 6.45) is 5.12. The zero-order valence-corrected chi connectivity index (χ0v) is 19.3. The van der Waals surface area contributed by atoms with Gasteiger partial charge in [0.2, 0.25) is 0 Å². The van der Waals surface area contributed by atoms with Gasteiger partial charge in [-0.15, -0.1) is 24.0 Å². The maximum absolute atomic E-state index is 4.46. The Hall–Kier alpha value is -0.0800. The number of aliphatic imine (C=N–C) groups is 1. The smallest absolute Gasteiger partial charge is 0.191 e. The molecule has 2 rings (SSSR count). The normalized spacial score (nSPS) is 22.3. The monoisotopic (exact) mass is 465 g/mol. The molecule has 2 heterocycles. The summed E-state index contributed by atoms with van der Waals surface area (Å²) in [5, 5.41) is 7.24. The first kappa shape index (κ1) is 23.0. The fourth-order valence-electron chi connectivity index (χ4n) is 4.01. The summed E-state index contributed by atoms with van der Waals surface area (Å²) in [4.78, 5) is 9.67. The molecule has 0 aromatic rings. The third-order valence-electron chi connectivity index (χ3n) is 5.68. The predicted octanol–water partition coefficient (Wildman–Crippen LogP) is 2.76. The number of nitrogens with zero attached hydrogens (tertiary/aromatic N) is 3. The molecule has 0 bridgehead atoms. The van der Waals surface area contributed by atoms with Crippen LogP contribution in [-0.4, -0.2) is 73.7 Å². The summed E-state index contributed by atoms with van der Waals surface area (Å²) in [6.45, 7) is 15.1. The molecule has 1 unspecified atom stereocenters. The number of halogens is 1. The summed E-state index contributed by atoms with van der Waals surface area (Å²) >= 11 is 0. The van der Waals surface area contributed by atoms with Gasteiger partial charge < -0.3 is 15.5 Å². The average Bonchev–Trinajstić information content (AvgIpc) is 3.08. The second-order valence-corrected chi connectivity index (χ2v) is 8.06. The van der Waals surface area contributed by atoms with Gasteiger partial charge in [0, 0.05) is 44.8 Å². The van der Waals surface area contributed by atoms with E-state index in [1.807, 2.05) is 7.05 Å². The van der Waals surface area contributed by atoms with Gasteiger partial charge in [0.25, 0.3) is 0 Å². The third-order valence-corrected chi connectivity index (χ3v) is 5.68. The van der Waals surface area contributed by atoms with Crippen molar-refractivity contribution < 1.29 is 0 Å². The zero-order valence-electron chi connectivity index (χ0n) is 16.9. The molecule has 0 spiro atoms. The Morgan fingerprint density at radius 2 is 1.60 bits per heavy atom. The number of guanidine groups is 1. The van der Waals surface area contributed by atoms with Crippen LogP contribution in [0.1, 0.15) is 53.4 Å². The lowest BCUT2D eigenvalue weighted by Crippen LogP contribution is -2.52. The number of likely N-dealkylation sites (tertiary alicyclic amines) is 2. The first-order chi connectivity index (χ1) is 11.5. The first-order valence-corrected chi connectivity index (χ1v) is 9.96. The number of rotatable bonds is 6. The van der Waals surface area contributed by atoms with Gasteiger partial charge in [-0.25, -0.2) is 0 Å². The first-order valence-electron chi connectivity index (χ1n) is 9.96. The van der Waals surface area contributed by atoms with Crippen LogP contribution in [0, 0.1) is 5.92 Å². The largest absolute Gasteiger partial charge is 0.355 e. The average molecular weight is 465 g/mol. The van der Waals surface area contributed by atoms with E-state index in [0.717, 1.165) is 12.5 Å². The number of hydrogen-bond acceptors (Lipinski definition) is 3. The van der Waals surface area contributed by atoms with E-state index in [-0.39, 0.29) is 24.0 Å². The third kappa shape index (κ3) is 7.21. The summed E-state index contributed by atoms with van der Waals surface area (Å²) in [5.41, 5.74) is 0. The minimum Gasteiger partial charge on any atom is -0.355 e. The highest BCUT2D eigenvalue weighted by molar-refractivity contribution is 14.0. The van der Waals surface area contributed by atoms with Gasteiger partial charge in [-0.1, -0.05) is 13.8 Å². The van der Waals surface area contributed by atoms with Crippen LogP contribution in [0.4, 0.5) is 0 Å². The van der Waals surface area contributed by atoms with Gasteiger partial charge in [-0.2, -0.15) is 0 Å². The van der Waals surface area contributed by atoms with Gasteiger partial charge in [0.1, 0.15) is 0 Å². The van der Waals surface area contributed by atoms with Crippen molar-refractivity contribution in [3.63, 3.8) is 0 Å². The molecule has 5 nitrogen and oxygen atoms in total. The topological polar surface area (TPSA) is 42.9 Å². The second kappa shape index (κ2) is 11.6. The van der Waals surface area contributed by atoms with Crippen LogP contribution in [0.3, 0.4) is 0 Å². The standard InChI is InChI=1S/C19H39N5.HI/c1-15(2)18(24-10-6-7-11-24)14-21-19(20-5)22-17-8-12-23(13-9-17)16(3)4;/h15-18H,6-14H2,1-5H3,(H2,20,21,22);1H. The molecule has 25 heavy (non-hydrogen) atoms. The van der Waals surface area contributed by atoms with Gasteiger partial charge in [-0.3, -0.25) is 9.89 Å². The maximum Gasteiger partial charge on any atom is 0.191 e. The van der Waals surface area contributed by atoms with Crippen molar-refractivity contribution in [2.45, 2.75) is 71.5 Å². The Bertz CT molecular complexity index is 385. The maximum atomic E-state index is 4.46. The number of piperidine rings is 1. The van der Waals surface area contributed by atoms with E-state index in [4.69, 9.17) is 0 Å². The molecular weight excluding hydrogens is 425 g/mol. The minimum absolute atomic E-state index is 0. The Labute approximate surface area is 172 Å². The van der Waals surface area contributed by atoms with Crippen LogP contribution in [0.2, 0.25) is 0 Å². The molecule has 1 atom stereocenters. The minimum atomic E-state index is 0. The molecular formula is C19H40IN5. The molecule has 0 aliphatic carbocycles. The van der Waals surface area contributed by atoms with E-state index < -0.39 is 0 Å². The van der Waals surface area contributed by atoms with Crippen molar-refractivity contribution in [2.24, 2.45) is 10.9 Å². The Morgan fingerprint density at radius 3 is 2.08 bits per heavy atom. The highest BCUT2D eigenvalue weighted by atomic mass is 127. The van der Waals surface area contributed by atoms with Crippen molar-refractivity contribution in [1.29, 1.82) is 0 Å². The van der Waals surface area contributed by atoms with Crippen LogP contribution in [0.15, 0.2) is 4.99 Å². The van der Waals surface area contributed by atoms with Gasteiger partial charge in [0.05, 0.1) is 0 Å². The molecule has 0 amide bonds. The molecule has 2 aliphatic rings. The van der Waals surface area contributed by atoms with Gasteiger partial charge in [-0.05, 0) is 58.5 Å². The van der Waals surface area contributed by atoms with E-state index in [1.54, 1.807) is 0 Å². The number of nitrogens with one attached hydrogen (secondary N) is 2. The van der Waals surface area contributed by atoms with Crippen LogP contribution in [0.5, 0.6) is 0 Å². The summed E-state index contributed by atoms with van der Waals surface area (Å²) in [6, 6.07) is 1.82. The van der Waals surface area contributed by atoms with E-state index >= 15 is 0 Å². The van der Waals surface area contributed by atoms with Crippen LogP contribution >= 0.6 is 24.0 Å². The van der Waals surface area contributed by atoms with Crippen molar-refractivity contribution in [3.05, 3.63) is 0 Å². The highest BCUT2D eigenvalue weighted by Crippen LogP contribution is 2.17. The summed E-state index contributed by atoms with van der Waals surface area (Å²) in [5.74, 6) is 1.64. The summed E-state index contributed by atoms with van der Waals surface area (Å²) in [7, 11) is 1.89. The van der Waals surface area contributed by atoms with Crippen LogP contribution in [0.25, 0.3) is 0 Å². The molecule has 148 valence electrons. The molecule has 0 aromatic carbocycles. The van der Waals surface area contributed by atoms with Crippen LogP contribution in [-0.2, 0) is 0 Å². The van der Waals surface area contributed by atoms with Gasteiger partial charge >= 0.3 is 0 Å². The lowest BCUT2D eigenvalue weighted by molar-refractivity contribution is 0.166. The van der Waals surface area contributed by atoms with Crippen molar-refractivity contribution >= 4 is 29.9 Å². The van der Waals surface area contributed by atoms with Crippen molar-refractivity contribution in [2.75, 3.05) is 39.8 Å². The summed E-state index contributed by atoms with van der Waals surface area (Å²) < 4.78 is 0. The molecule has 2 fully saturated rings. The molecule has 2 saturated heterocycles. The van der Waals surface area contributed by atoms with Gasteiger partial charge in [0.15, 0.2) is 5.96 Å². The fourth-order valence-corrected chi connectivity index (χ4v) is 4.01. The lowest BCUT2D eigenvalue weighted by Gasteiger charge is -2.36. The molecule has 0 saturated carbocycles. The van der Waals surface area contributed by atoms with Crippen molar-refractivity contribution in [3.8, 4) is 0 Å². The molecule has 0 aromatic heterocycles. The van der Waals surface area contributed by atoms with E-state index in [2.05, 4.69) is 53.1 Å². The Morgan fingerprint density at radius 1 is 1.00 bits per heavy atom. The predicted molar refractivity (Wildman–Crippen MR) is 119 cm³/mol. The quantitative estimate of drug-likeness (QED) is 0.360. The second-order valence-electron chi connectivity index (χ2n) is 8.06. The van der Waals surface area contributed by atoms with Crippen LogP contribution < -0.4 is 10.6 Å². The molecule has 2 N–H and O–H groups in total. The number of hydrogen-bond donors (Lipinski definition) is 2. The fraction of sp³-hybridized carbons (Fsp3) is 0.947. The Kier molecular flexibility index (Phi) is 10.6. The molecule has 2 aliphatic heterocycles. The SMILES string of the molecule is CN=C(NCC(C(C)C)N1CCCC1)NC1CCN(C(C)C)CC1.I. The van der Waals surface area contributed by atoms with E-state index in [1.165, 1.54) is 51.9 Å². The Balaban J connectivity index is 0.00000312. The zero-order chi connectivity index (χ0) is 17.5. The highest BCUT2D eigenvalue weighted by Gasteiger charge is 2.25. The van der Waals surface area contributed by atoms with Crippen molar-refractivity contribution in [1.82, 2.24) is 20.4 Å². The lowest BCUT2D eigenvalue weighted by atomic mass is 10.0. The van der Waals surface area contributed by atoms with E-state index in [9.17, 15) is 0 Å². The molecule has 6 heteroatoms. The molecule has 0 radical (unpaired) electrons.